The molecule has 1 amide bonds. The molecule has 1 aliphatic rings. The number of carbonyl (C=O) groups excluding carboxylic acids is 1. The van der Waals surface area contributed by atoms with Gasteiger partial charge in [0.2, 0.25) is 5.88 Å². The third kappa shape index (κ3) is 2.45. The summed E-state index contributed by atoms with van der Waals surface area (Å²) in [7, 11) is -0.00790. The van der Waals surface area contributed by atoms with Gasteiger partial charge in [-0.05, 0) is 13.0 Å². The molecule has 1 atom stereocenters. The average molecular weight is 304 g/mol. The summed E-state index contributed by atoms with van der Waals surface area (Å²) in [6.07, 6.45) is 4.61. The molecule has 7 nitrogen and oxygen atoms in total. The van der Waals surface area contributed by atoms with Crippen molar-refractivity contribution in [3.8, 4) is 17.0 Å². The van der Waals surface area contributed by atoms with E-state index in [-0.39, 0.29) is 5.91 Å². The fourth-order valence-electron chi connectivity index (χ4n) is 2.03. The Hall–Kier alpha value is -2.48. The SMILES string of the molecule is COc1ccc(-c2cnn(C3=CC(=O)NS3=O)c2)c(C)n1. The lowest BCUT2D eigenvalue weighted by atomic mass is 10.1. The molecule has 0 aromatic carbocycles. The smallest absolute Gasteiger partial charge is 0.258 e. The molecular weight excluding hydrogens is 292 g/mol. The minimum Gasteiger partial charge on any atom is -0.481 e. The van der Waals surface area contributed by atoms with Gasteiger partial charge in [0, 0.05) is 35.2 Å². The topological polar surface area (TPSA) is 86.1 Å². The molecule has 0 radical (unpaired) electrons. The van der Waals surface area contributed by atoms with Crippen LogP contribution in [0.1, 0.15) is 5.69 Å². The molecule has 1 aliphatic heterocycles. The minimum atomic E-state index is -1.57. The first-order valence-corrected chi connectivity index (χ1v) is 7.24. The quantitative estimate of drug-likeness (QED) is 0.908. The van der Waals surface area contributed by atoms with Crippen LogP contribution in [0.15, 0.2) is 30.6 Å². The first kappa shape index (κ1) is 13.5. The maximum atomic E-state index is 11.7. The van der Waals surface area contributed by atoms with Crippen LogP contribution in [0.3, 0.4) is 0 Å². The molecule has 3 rings (SSSR count). The molecule has 2 aromatic rings. The van der Waals surface area contributed by atoms with Crippen molar-refractivity contribution in [1.29, 1.82) is 0 Å². The van der Waals surface area contributed by atoms with Gasteiger partial charge >= 0.3 is 0 Å². The van der Waals surface area contributed by atoms with Gasteiger partial charge in [0.1, 0.15) is 0 Å². The summed E-state index contributed by atoms with van der Waals surface area (Å²) in [5.74, 6) is 0.153. The molecule has 0 spiro atoms. The molecule has 2 aromatic heterocycles. The Bertz CT molecular complexity index is 781. The van der Waals surface area contributed by atoms with E-state index in [2.05, 4.69) is 14.8 Å². The number of aryl methyl sites for hydroxylation is 1. The van der Waals surface area contributed by atoms with Crippen molar-refractivity contribution in [2.45, 2.75) is 6.92 Å². The van der Waals surface area contributed by atoms with Crippen LogP contribution >= 0.6 is 0 Å². The molecule has 0 bridgehead atoms. The number of pyridine rings is 1. The van der Waals surface area contributed by atoms with E-state index in [1.54, 1.807) is 25.6 Å². The maximum Gasteiger partial charge on any atom is 0.258 e. The van der Waals surface area contributed by atoms with Gasteiger partial charge in [-0.25, -0.2) is 13.9 Å². The molecule has 0 saturated heterocycles. The van der Waals surface area contributed by atoms with Crippen molar-refractivity contribution in [1.82, 2.24) is 19.5 Å². The highest BCUT2D eigenvalue weighted by Gasteiger charge is 2.22. The van der Waals surface area contributed by atoms with E-state index in [1.807, 2.05) is 13.0 Å². The zero-order valence-electron chi connectivity index (χ0n) is 11.4. The molecule has 108 valence electrons. The van der Waals surface area contributed by atoms with Crippen LogP contribution in [0.4, 0.5) is 0 Å². The predicted octanol–water partition coefficient (Wildman–Crippen LogP) is 0.854. The summed E-state index contributed by atoms with van der Waals surface area (Å²) >= 11 is 0. The number of nitrogens with one attached hydrogen (secondary N) is 1. The molecule has 8 heteroatoms. The first-order valence-electron chi connectivity index (χ1n) is 6.09. The number of carbonyl (C=O) groups is 1. The predicted molar refractivity (Wildman–Crippen MR) is 77.3 cm³/mol. The van der Waals surface area contributed by atoms with Crippen LogP contribution in [0.25, 0.3) is 16.2 Å². The number of rotatable bonds is 3. The Morgan fingerprint density at radius 2 is 2.19 bits per heavy atom. The van der Waals surface area contributed by atoms with Crippen molar-refractivity contribution in [2.24, 2.45) is 0 Å². The zero-order valence-corrected chi connectivity index (χ0v) is 12.2. The summed E-state index contributed by atoms with van der Waals surface area (Å²) in [6.45, 7) is 1.87. The van der Waals surface area contributed by atoms with Gasteiger partial charge in [-0.2, -0.15) is 5.10 Å². The van der Waals surface area contributed by atoms with Crippen LogP contribution in [-0.2, 0) is 15.8 Å². The minimum absolute atomic E-state index is 0.311. The second kappa shape index (κ2) is 5.13. The standard InChI is InChI=1S/C13H12N4O3S/c1-8-10(3-4-12(15-8)20-2)9-6-14-17(7-9)13-5-11(18)16-21(13)19/h3-7H,1-2H3,(H,16,18). The van der Waals surface area contributed by atoms with Crippen molar-refractivity contribution < 1.29 is 13.7 Å². The fourth-order valence-corrected chi connectivity index (χ4v) is 2.86. The second-order valence-corrected chi connectivity index (χ2v) is 5.54. The van der Waals surface area contributed by atoms with Crippen molar-refractivity contribution in [3.05, 3.63) is 36.3 Å². The largest absolute Gasteiger partial charge is 0.481 e. The number of methoxy groups -OCH3 is 1. The van der Waals surface area contributed by atoms with Crippen molar-refractivity contribution in [2.75, 3.05) is 7.11 Å². The normalized spacial score (nSPS) is 17.5. The van der Waals surface area contributed by atoms with Crippen LogP contribution in [-0.4, -0.2) is 32.0 Å². The summed E-state index contributed by atoms with van der Waals surface area (Å²) in [5, 5.41) is 4.46. The van der Waals surface area contributed by atoms with Crippen LogP contribution < -0.4 is 9.46 Å². The maximum absolute atomic E-state index is 11.7. The monoisotopic (exact) mass is 304 g/mol. The molecule has 1 N–H and O–H groups in total. The Kier molecular flexibility index (Phi) is 3.30. The average Bonchev–Trinajstić information content (AvgIpc) is 3.05. The lowest BCUT2D eigenvalue weighted by molar-refractivity contribution is -0.114. The highest BCUT2D eigenvalue weighted by atomic mass is 32.2. The summed E-state index contributed by atoms with van der Waals surface area (Å²) < 4.78 is 20.5. The van der Waals surface area contributed by atoms with Gasteiger partial charge in [-0.15, -0.1) is 0 Å². The number of hydrogen-bond acceptors (Lipinski definition) is 5. The summed E-state index contributed by atoms with van der Waals surface area (Å²) in [6, 6.07) is 3.64. The van der Waals surface area contributed by atoms with Crippen molar-refractivity contribution >= 4 is 21.9 Å². The molecule has 21 heavy (non-hydrogen) atoms. The number of nitrogens with zero attached hydrogens (tertiary/aromatic N) is 3. The molecule has 3 heterocycles. The molecular formula is C13H12N4O3S. The van der Waals surface area contributed by atoms with Gasteiger partial charge in [0.15, 0.2) is 16.0 Å². The number of amides is 1. The fraction of sp³-hybridized carbons (Fsp3) is 0.154. The van der Waals surface area contributed by atoms with Crippen LogP contribution in [0, 0.1) is 6.92 Å². The van der Waals surface area contributed by atoms with E-state index >= 15 is 0 Å². The van der Waals surface area contributed by atoms with Crippen molar-refractivity contribution in [3.63, 3.8) is 0 Å². The van der Waals surface area contributed by atoms with E-state index in [9.17, 15) is 9.00 Å². The number of hydrogen-bond donors (Lipinski definition) is 1. The summed E-state index contributed by atoms with van der Waals surface area (Å²) in [4.78, 5) is 15.5. The summed E-state index contributed by atoms with van der Waals surface area (Å²) in [5.41, 5.74) is 2.51. The molecule has 0 fully saturated rings. The van der Waals surface area contributed by atoms with E-state index in [0.29, 0.717) is 10.9 Å². The zero-order chi connectivity index (χ0) is 15.0. The lowest BCUT2D eigenvalue weighted by Crippen LogP contribution is -2.17. The number of aromatic nitrogens is 3. The third-order valence-corrected chi connectivity index (χ3v) is 4.10. The Labute approximate surface area is 123 Å². The Morgan fingerprint density at radius 3 is 2.81 bits per heavy atom. The van der Waals surface area contributed by atoms with E-state index in [4.69, 9.17) is 4.74 Å². The number of ether oxygens (including phenoxy) is 1. The highest BCUT2D eigenvalue weighted by molar-refractivity contribution is 7.93. The van der Waals surface area contributed by atoms with Gasteiger partial charge in [0.05, 0.1) is 13.3 Å². The molecule has 0 saturated carbocycles. The van der Waals surface area contributed by atoms with Gasteiger partial charge in [-0.3, -0.25) is 9.52 Å². The van der Waals surface area contributed by atoms with Gasteiger partial charge in [-0.1, -0.05) is 0 Å². The lowest BCUT2D eigenvalue weighted by Gasteiger charge is -2.04. The molecule has 0 aliphatic carbocycles. The Balaban J connectivity index is 1.97. The van der Waals surface area contributed by atoms with E-state index < -0.39 is 11.0 Å². The van der Waals surface area contributed by atoms with Gasteiger partial charge < -0.3 is 4.74 Å². The second-order valence-electron chi connectivity index (χ2n) is 4.38. The van der Waals surface area contributed by atoms with Gasteiger partial charge in [0.25, 0.3) is 5.91 Å². The van der Waals surface area contributed by atoms with E-state index in [1.165, 1.54) is 10.8 Å². The third-order valence-electron chi connectivity index (χ3n) is 3.03. The highest BCUT2D eigenvalue weighted by Crippen LogP contribution is 2.25. The van der Waals surface area contributed by atoms with E-state index in [0.717, 1.165) is 16.8 Å². The molecule has 1 unspecified atom stereocenters. The first-order chi connectivity index (χ1) is 10.1. The van der Waals surface area contributed by atoms with Crippen LogP contribution in [0.5, 0.6) is 5.88 Å². The Morgan fingerprint density at radius 1 is 1.38 bits per heavy atom. The van der Waals surface area contributed by atoms with Crippen LogP contribution in [0.2, 0.25) is 0 Å².